The second kappa shape index (κ2) is 8.57. The van der Waals surface area contributed by atoms with Gasteiger partial charge in [-0.3, -0.25) is 19.2 Å². The first-order chi connectivity index (χ1) is 13.0. The molecule has 6 nitrogen and oxygen atoms in total. The molecule has 1 aromatic carbocycles. The largest absolute Gasteiger partial charge is 0.385 e. The minimum Gasteiger partial charge on any atom is -0.385 e. The second-order valence-electron chi connectivity index (χ2n) is 7.42. The van der Waals surface area contributed by atoms with Gasteiger partial charge < -0.3 is 11.1 Å². The summed E-state index contributed by atoms with van der Waals surface area (Å²) in [7, 11) is 0. The van der Waals surface area contributed by atoms with Crippen LogP contribution in [0, 0.1) is 11.8 Å². The van der Waals surface area contributed by atoms with Crippen molar-refractivity contribution < 1.29 is 19.2 Å². The topological polar surface area (TPSA) is 106 Å². The highest BCUT2D eigenvalue weighted by molar-refractivity contribution is 6.28. The van der Waals surface area contributed by atoms with Gasteiger partial charge in [-0.25, -0.2) is 0 Å². The highest BCUT2D eigenvalue weighted by Crippen LogP contribution is 2.37. The molecule has 2 aliphatic carbocycles. The van der Waals surface area contributed by atoms with Crippen molar-refractivity contribution in [2.24, 2.45) is 17.6 Å². The third-order valence-electron chi connectivity index (χ3n) is 5.50. The number of hydrogen-bond acceptors (Lipinski definition) is 6. The van der Waals surface area contributed by atoms with E-state index in [1.165, 1.54) is 0 Å². The summed E-state index contributed by atoms with van der Waals surface area (Å²) in [6, 6.07) is 5.19. The molecule has 0 amide bonds. The Morgan fingerprint density at radius 3 is 2.44 bits per heavy atom. The number of carbonyl (C=O) groups is 4. The average molecular weight is 370 g/mol. The Hall–Kier alpha value is -2.34. The van der Waals surface area contributed by atoms with E-state index < -0.39 is 11.8 Å². The molecule has 1 fully saturated rings. The standard InChI is InChI=1S/C21H26N2O4/c22-9-3-1-2-4-10-23-13-5-7-15-17(11-13)21(27)19(20(15)26)16-8-6-14(24)12-18(16)25/h5,7,11,16,19,23H,1-4,6,8-10,12,22H2/t16?,19-/m0/s1. The van der Waals surface area contributed by atoms with Gasteiger partial charge in [0.05, 0.1) is 12.3 Å². The number of rotatable bonds is 8. The van der Waals surface area contributed by atoms with E-state index in [0.29, 0.717) is 24.1 Å². The normalized spacial score (nSPS) is 22.3. The van der Waals surface area contributed by atoms with Crippen molar-refractivity contribution in [3.05, 3.63) is 29.3 Å². The maximum atomic E-state index is 12.8. The summed E-state index contributed by atoms with van der Waals surface area (Å²) in [5.41, 5.74) is 7.07. The number of nitrogens with one attached hydrogen (secondary N) is 1. The SMILES string of the molecule is NCCCCCCNc1ccc2c(c1)C(=O)[C@@H](C1CCC(=O)CC1=O)C2=O. The van der Waals surface area contributed by atoms with Gasteiger partial charge in [0.1, 0.15) is 11.6 Å². The minimum atomic E-state index is -0.952. The number of carbonyl (C=O) groups excluding carboxylic acids is 4. The van der Waals surface area contributed by atoms with Crippen LogP contribution < -0.4 is 11.1 Å². The lowest BCUT2D eigenvalue weighted by atomic mass is 9.76. The lowest BCUT2D eigenvalue weighted by Gasteiger charge is -2.23. The van der Waals surface area contributed by atoms with E-state index >= 15 is 0 Å². The smallest absolute Gasteiger partial charge is 0.175 e. The molecule has 0 spiro atoms. The molecule has 0 radical (unpaired) electrons. The molecule has 144 valence electrons. The van der Waals surface area contributed by atoms with E-state index in [-0.39, 0.29) is 36.0 Å². The molecule has 1 aromatic rings. The molecule has 0 aromatic heterocycles. The first-order valence-electron chi connectivity index (χ1n) is 9.73. The number of hydrogen-bond donors (Lipinski definition) is 2. The van der Waals surface area contributed by atoms with Crippen molar-refractivity contribution in [3.63, 3.8) is 0 Å². The van der Waals surface area contributed by atoms with E-state index in [4.69, 9.17) is 5.73 Å². The van der Waals surface area contributed by atoms with Crippen LogP contribution in [-0.4, -0.2) is 36.2 Å². The molecule has 0 saturated heterocycles. The zero-order valence-corrected chi connectivity index (χ0v) is 15.5. The quantitative estimate of drug-likeness (QED) is 0.538. The highest BCUT2D eigenvalue weighted by Gasteiger charge is 2.47. The van der Waals surface area contributed by atoms with Crippen LogP contribution in [0.5, 0.6) is 0 Å². The predicted octanol–water partition coefficient (Wildman–Crippen LogP) is 2.55. The number of unbranched alkanes of at least 4 members (excludes halogenated alkanes) is 3. The molecule has 3 N–H and O–H groups in total. The van der Waals surface area contributed by atoms with Crippen molar-refractivity contribution in [1.29, 1.82) is 0 Å². The van der Waals surface area contributed by atoms with E-state index in [2.05, 4.69) is 5.32 Å². The Bertz CT molecular complexity index is 771. The van der Waals surface area contributed by atoms with Gasteiger partial charge in [0.2, 0.25) is 0 Å². The van der Waals surface area contributed by atoms with E-state index in [1.54, 1.807) is 18.2 Å². The molecule has 0 bridgehead atoms. The van der Waals surface area contributed by atoms with Crippen molar-refractivity contribution in [2.45, 2.75) is 44.9 Å². The van der Waals surface area contributed by atoms with E-state index in [0.717, 1.165) is 37.9 Å². The Morgan fingerprint density at radius 2 is 1.70 bits per heavy atom. The molecule has 6 heteroatoms. The van der Waals surface area contributed by atoms with Crippen molar-refractivity contribution in [3.8, 4) is 0 Å². The van der Waals surface area contributed by atoms with Crippen LogP contribution in [0.25, 0.3) is 0 Å². The van der Waals surface area contributed by atoms with Crippen molar-refractivity contribution in [2.75, 3.05) is 18.4 Å². The van der Waals surface area contributed by atoms with Crippen LogP contribution in [0.15, 0.2) is 18.2 Å². The van der Waals surface area contributed by atoms with Crippen LogP contribution in [0.2, 0.25) is 0 Å². The van der Waals surface area contributed by atoms with Gasteiger partial charge in [-0.1, -0.05) is 12.8 Å². The van der Waals surface area contributed by atoms with Gasteiger partial charge in [-0.2, -0.15) is 0 Å². The second-order valence-corrected chi connectivity index (χ2v) is 7.42. The molecule has 1 saturated carbocycles. The lowest BCUT2D eigenvalue weighted by Crippen LogP contribution is -2.36. The minimum absolute atomic E-state index is 0.107. The summed E-state index contributed by atoms with van der Waals surface area (Å²) < 4.78 is 0. The van der Waals surface area contributed by atoms with Crippen LogP contribution in [0.4, 0.5) is 5.69 Å². The number of nitrogens with two attached hydrogens (primary N) is 1. The van der Waals surface area contributed by atoms with Crippen molar-refractivity contribution in [1.82, 2.24) is 0 Å². The molecule has 27 heavy (non-hydrogen) atoms. The molecule has 2 aliphatic rings. The summed E-state index contributed by atoms with van der Waals surface area (Å²) in [6.45, 7) is 1.51. The Balaban J connectivity index is 1.66. The fraction of sp³-hybridized carbons (Fsp3) is 0.524. The van der Waals surface area contributed by atoms with Gasteiger partial charge in [-0.05, 0) is 44.0 Å². The zero-order valence-electron chi connectivity index (χ0n) is 15.5. The number of anilines is 1. The summed E-state index contributed by atoms with van der Waals surface area (Å²) in [6.07, 6.45) is 4.64. The molecule has 0 aliphatic heterocycles. The van der Waals surface area contributed by atoms with Crippen LogP contribution in [-0.2, 0) is 9.59 Å². The molecule has 1 unspecified atom stereocenters. The molecule has 3 rings (SSSR count). The maximum absolute atomic E-state index is 12.8. The Labute approximate surface area is 158 Å². The Kier molecular flexibility index (Phi) is 6.16. The third kappa shape index (κ3) is 4.16. The van der Waals surface area contributed by atoms with Gasteiger partial charge in [-0.15, -0.1) is 0 Å². The lowest BCUT2D eigenvalue weighted by molar-refractivity contribution is -0.133. The number of ketones is 4. The van der Waals surface area contributed by atoms with Gasteiger partial charge >= 0.3 is 0 Å². The average Bonchev–Trinajstić information content (AvgIpc) is 2.89. The van der Waals surface area contributed by atoms with Gasteiger partial charge in [0.25, 0.3) is 0 Å². The van der Waals surface area contributed by atoms with E-state index in [9.17, 15) is 19.2 Å². The fourth-order valence-corrected chi connectivity index (χ4v) is 3.99. The third-order valence-corrected chi connectivity index (χ3v) is 5.50. The maximum Gasteiger partial charge on any atom is 0.175 e. The van der Waals surface area contributed by atoms with Crippen LogP contribution in [0.3, 0.4) is 0 Å². The van der Waals surface area contributed by atoms with Crippen molar-refractivity contribution >= 4 is 28.8 Å². The van der Waals surface area contributed by atoms with E-state index in [1.807, 2.05) is 0 Å². The van der Waals surface area contributed by atoms with Crippen LogP contribution in [0.1, 0.15) is 65.7 Å². The molecular weight excluding hydrogens is 344 g/mol. The summed E-state index contributed by atoms with van der Waals surface area (Å²) in [5, 5.41) is 3.29. The molecule has 2 atom stereocenters. The monoisotopic (exact) mass is 370 g/mol. The fourth-order valence-electron chi connectivity index (χ4n) is 3.99. The first kappa shape index (κ1) is 19.4. The predicted molar refractivity (Wildman–Crippen MR) is 102 cm³/mol. The molecular formula is C21H26N2O4. The zero-order chi connectivity index (χ0) is 19.4. The highest BCUT2D eigenvalue weighted by atomic mass is 16.2. The summed E-state index contributed by atoms with van der Waals surface area (Å²) in [5.74, 6) is -2.56. The number of Topliss-reactive ketones (excluding diaryl/α,β-unsaturated/α-hetero) is 4. The number of benzene rings is 1. The Morgan fingerprint density at radius 1 is 0.963 bits per heavy atom. The number of fused-ring (bicyclic) bond motifs is 1. The first-order valence-corrected chi connectivity index (χ1v) is 9.73. The van der Waals surface area contributed by atoms with Gasteiger partial charge in [0, 0.05) is 35.7 Å². The van der Waals surface area contributed by atoms with Gasteiger partial charge in [0.15, 0.2) is 11.6 Å². The molecule has 0 heterocycles. The summed E-state index contributed by atoms with van der Waals surface area (Å²) >= 11 is 0. The van der Waals surface area contributed by atoms with Crippen LogP contribution >= 0.6 is 0 Å². The summed E-state index contributed by atoms with van der Waals surface area (Å²) in [4.78, 5) is 49.2.